The zero-order valence-corrected chi connectivity index (χ0v) is 30.2. The van der Waals surface area contributed by atoms with Crippen molar-refractivity contribution in [3.63, 3.8) is 0 Å². The van der Waals surface area contributed by atoms with Crippen molar-refractivity contribution in [3.8, 4) is 28.4 Å². The molecule has 0 aromatic heterocycles. The van der Waals surface area contributed by atoms with Crippen LogP contribution in [0.2, 0.25) is 0 Å². The molecule has 6 heteroatoms. The average Bonchev–Trinajstić information content (AvgIpc) is 3.07. The van der Waals surface area contributed by atoms with Crippen LogP contribution < -0.4 is 19.1 Å². The molecule has 6 nitrogen and oxygen atoms in total. The van der Waals surface area contributed by atoms with E-state index in [0.717, 1.165) is 74.0 Å². The second-order valence-corrected chi connectivity index (χ2v) is 12.5. The molecule has 0 unspecified atom stereocenters. The number of likely N-dealkylation sites (tertiary alicyclic amines) is 1. The number of anilines is 1. The van der Waals surface area contributed by atoms with Gasteiger partial charge in [-0.15, -0.1) is 0 Å². The molecule has 3 aromatic rings. The summed E-state index contributed by atoms with van der Waals surface area (Å²) in [5, 5.41) is 0. The monoisotopic (exact) mass is 642 g/mol. The van der Waals surface area contributed by atoms with Crippen molar-refractivity contribution in [1.29, 1.82) is 0 Å². The summed E-state index contributed by atoms with van der Waals surface area (Å²) in [4.78, 5) is 5.11. The van der Waals surface area contributed by atoms with E-state index < -0.39 is 0 Å². The van der Waals surface area contributed by atoms with Gasteiger partial charge in [-0.05, 0) is 130 Å². The van der Waals surface area contributed by atoms with Crippen LogP contribution in [0.25, 0.3) is 11.1 Å². The highest BCUT2D eigenvalue weighted by Crippen LogP contribution is 2.38. The fourth-order valence-corrected chi connectivity index (χ4v) is 6.60. The van der Waals surface area contributed by atoms with Gasteiger partial charge in [0.1, 0.15) is 5.75 Å². The van der Waals surface area contributed by atoms with Gasteiger partial charge in [-0.1, -0.05) is 45.4 Å². The molecule has 1 heterocycles. The van der Waals surface area contributed by atoms with Crippen LogP contribution in [0.5, 0.6) is 17.2 Å². The van der Waals surface area contributed by atoms with E-state index in [-0.39, 0.29) is 6.10 Å². The topological polar surface area (TPSA) is 43.4 Å². The number of nitrogens with zero attached hydrogens (tertiary/aromatic N) is 2. The number of allylic oxidation sites excluding steroid dienone is 1. The van der Waals surface area contributed by atoms with Gasteiger partial charge in [0, 0.05) is 31.4 Å². The van der Waals surface area contributed by atoms with E-state index in [9.17, 15) is 0 Å². The minimum Gasteiger partial charge on any atom is -0.494 e. The highest BCUT2D eigenvalue weighted by atomic mass is 16.5. The Kier molecular flexibility index (Phi) is 13.8. The Hall–Kier alpha value is -3.80. The highest BCUT2D eigenvalue weighted by molar-refractivity contribution is 5.70. The number of piperidine rings is 1. The Bertz CT molecular complexity index is 1420. The smallest absolute Gasteiger partial charge is 0.188 e. The Balaban J connectivity index is 0.00000245. The number of hydrogen-bond donors (Lipinski definition) is 0. The van der Waals surface area contributed by atoms with Crippen molar-refractivity contribution in [2.75, 3.05) is 38.8 Å². The number of rotatable bonds is 14. The van der Waals surface area contributed by atoms with Gasteiger partial charge in [0.25, 0.3) is 0 Å². The highest BCUT2D eigenvalue weighted by Gasteiger charge is 2.30. The summed E-state index contributed by atoms with van der Waals surface area (Å²) in [5.41, 5.74) is 7.54. The summed E-state index contributed by atoms with van der Waals surface area (Å²) < 4.78 is 23.6. The Morgan fingerprint density at radius 1 is 0.894 bits per heavy atom. The van der Waals surface area contributed by atoms with E-state index >= 15 is 0 Å². The number of aryl methyl sites for hydroxylation is 1. The molecule has 0 radical (unpaired) electrons. The number of benzene rings is 3. The van der Waals surface area contributed by atoms with Crippen LogP contribution >= 0.6 is 0 Å². The van der Waals surface area contributed by atoms with Crippen LogP contribution in [0.4, 0.5) is 5.69 Å². The van der Waals surface area contributed by atoms with Gasteiger partial charge < -0.3 is 28.7 Å². The van der Waals surface area contributed by atoms with Crippen LogP contribution in [0.3, 0.4) is 0 Å². The predicted molar refractivity (Wildman–Crippen MR) is 196 cm³/mol. The summed E-state index contributed by atoms with van der Waals surface area (Å²) in [6.07, 6.45) is 7.99. The lowest BCUT2D eigenvalue weighted by Crippen LogP contribution is -2.45. The molecule has 1 saturated carbocycles. The van der Waals surface area contributed by atoms with Crippen molar-refractivity contribution < 1.29 is 18.9 Å². The normalized spacial score (nSPS) is 14.6. The van der Waals surface area contributed by atoms with Crippen LogP contribution in [-0.4, -0.2) is 51.0 Å². The molecular weight excluding hydrogens is 584 g/mol. The van der Waals surface area contributed by atoms with Crippen molar-refractivity contribution in [3.05, 3.63) is 83.2 Å². The van der Waals surface area contributed by atoms with Crippen molar-refractivity contribution in [2.24, 2.45) is 0 Å². The molecule has 1 aliphatic carbocycles. The minimum atomic E-state index is 0.196. The molecule has 47 heavy (non-hydrogen) atoms. The molecule has 3 aromatic carbocycles. The first kappa shape index (κ1) is 36.0. The standard InChI is InChI=1S/C39H52N2O4.C2H6/c1-7-11-32-25-33(26-37(42-5)38(32)43-6)31-15-9-12-29(24-31)27-41(34-16-18-36(19-17-34)44-8-2)35-20-22-40(23-21-35)39(45-28(3)4)30-13-10-14-30;1-2/h9,12,15-19,24-26,28,35H,7-8,10-11,13-14,20-23,27H2,1-6H3;1-2H3. The van der Waals surface area contributed by atoms with Gasteiger partial charge >= 0.3 is 0 Å². The Morgan fingerprint density at radius 3 is 2.19 bits per heavy atom. The largest absolute Gasteiger partial charge is 0.494 e. The van der Waals surface area contributed by atoms with Gasteiger partial charge in [0.2, 0.25) is 0 Å². The van der Waals surface area contributed by atoms with Crippen LogP contribution in [-0.2, 0) is 17.7 Å². The molecule has 5 rings (SSSR count). The number of ether oxygens (including phenoxy) is 4. The predicted octanol–water partition coefficient (Wildman–Crippen LogP) is 10.0. The lowest BCUT2D eigenvalue weighted by atomic mass is 9.91. The van der Waals surface area contributed by atoms with E-state index in [0.29, 0.717) is 12.6 Å². The van der Waals surface area contributed by atoms with Crippen molar-refractivity contribution >= 4 is 5.69 Å². The molecule has 1 saturated heterocycles. The second-order valence-electron chi connectivity index (χ2n) is 12.5. The van der Waals surface area contributed by atoms with Gasteiger partial charge in [-0.2, -0.15) is 0 Å². The average molecular weight is 643 g/mol. The molecular formula is C41H58N2O4. The third-order valence-electron chi connectivity index (χ3n) is 8.97. The van der Waals surface area contributed by atoms with Crippen LogP contribution in [0, 0.1) is 0 Å². The van der Waals surface area contributed by atoms with E-state index in [1.165, 1.54) is 47.2 Å². The van der Waals surface area contributed by atoms with Gasteiger partial charge in [-0.3, -0.25) is 0 Å². The van der Waals surface area contributed by atoms with Gasteiger partial charge in [0.15, 0.2) is 17.4 Å². The summed E-state index contributed by atoms with van der Waals surface area (Å²) in [7, 11) is 3.44. The molecule has 0 amide bonds. The quantitative estimate of drug-likeness (QED) is 0.163. The molecule has 256 valence electrons. The lowest BCUT2D eigenvalue weighted by molar-refractivity contribution is 0.0520. The van der Waals surface area contributed by atoms with E-state index in [2.05, 4.69) is 91.2 Å². The van der Waals surface area contributed by atoms with Crippen molar-refractivity contribution in [1.82, 2.24) is 4.90 Å². The third kappa shape index (κ3) is 9.18. The van der Waals surface area contributed by atoms with Crippen LogP contribution in [0.1, 0.15) is 91.2 Å². The summed E-state index contributed by atoms with van der Waals surface area (Å²) in [5.74, 6) is 3.69. The third-order valence-corrected chi connectivity index (χ3v) is 8.97. The second kappa shape index (κ2) is 17.9. The maximum atomic E-state index is 6.38. The summed E-state index contributed by atoms with van der Waals surface area (Å²) >= 11 is 0. The first-order valence-corrected chi connectivity index (χ1v) is 17.9. The summed E-state index contributed by atoms with van der Waals surface area (Å²) in [6.45, 7) is 16.0. The lowest BCUT2D eigenvalue weighted by Gasteiger charge is -2.42. The van der Waals surface area contributed by atoms with E-state index in [1.807, 2.05) is 20.8 Å². The molecule has 0 spiro atoms. The summed E-state index contributed by atoms with van der Waals surface area (Å²) in [6, 6.07) is 22.4. The SMILES string of the molecule is CC.CCCc1cc(-c2cccc(CN(c3ccc(OCC)cc3)C3CCN(C(OC(C)C)=C4CCC4)CC3)c2)cc(OC)c1OC. The minimum absolute atomic E-state index is 0.196. The first-order valence-electron chi connectivity index (χ1n) is 17.9. The molecule has 0 bridgehead atoms. The maximum absolute atomic E-state index is 6.38. The van der Waals surface area contributed by atoms with E-state index in [4.69, 9.17) is 18.9 Å². The van der Waals surface area contributed by atoms with Crippen molar-refractivity contribution in [2.45, 2.75) is 105 Å². The zero-order chi connectivity index (χ0) is 33.8. The van der Waals surface area contributed by atoms with Gasteiger partial charge in [-0.25, -0.2) is 0 Å². The molecule has 1 aliphatic heterocycles. The van der Waals surface area contributed by atoms with E-state index in [1.54, 1.807) is 14.2 Å². The van der Waals surface area contributed by atoms with Crippen LogP contribution in [0.15, 0.2) is 72.1 Å². The molecule has 2 aliphatic rings. The fourth-order valence-electron chi connectivity index (χ4n) is 6.60. The maximum Gasteiger partial charge on any atom is 0.188 e. The zero-order valence-electron chi connectivity index (χ0n) is 30.2. The fraction of sp³-hybridized carbons (Fsp3) is 0.512. The number of hydrogen-bond acceptors (Lipinski definition) is 6. The molecule has 2 fully saturated rings. The Labute approximate surface area is 284 Å². The van der Waals surface area contributed by atoms with Gasteiger partial charge in [0.05, 0.1) is 26.9 Å². The molecule has 0 atom stereocenters. The molecule has 0 N–H and O–H groups in total. The first-order chi connectivity index (χ1) is 22.9. The Morgan fingerprint density at radius 2 is 1.62 bits per heavy atom. The number of methoxy groups -OCH3 is 2.